The van der Waals surface area contributed by atoms with Gasteiger partial charge in [-0.2, -0.15) is 0 Å². The summed E-state index contributed by atoms with van der Waals surface area (Å²) in [6.07, 6.45) is 1.81. The monoisotopic (exact) mass is 342 g/mol. The number of hydrogen-bond donors (Lipinski definition) is 1. The molecule has 2 bridgehead atoms. The van der Waals surface area contributed by atoms with Crippen molar-refractivity contribution in [1.82, 2.24) is 0 Å². The lowest BCUT2D eigenvalue weighted by molar-refractivity contribution is 0.389. The molecule has 0 unspecified atom stereocenters. The van der Waals surface area contributed by atoms with Gasteiger partial charge in [-0.25, -0.2) is 0 Å². The number of rotatable bonds is 5. The molecule has 0 aromatic heterocycles. The molecule has 2 aromatic carbocycles. The van der Waals surface area contributed by atoms with Crippen molar-refractivity contribution in [2.75, 3.05) is 13.7 Å². The Labute approximate surface area is 149 Å². The molecule has 0 saturated carbocycles. The summed E-state index contributed by atoms with van der Waals surface area (Å²) >= 11 is 1.78. The Morgan fingerprint density at radius 2 is 1.83 bits per heavy atom. The number of nitrogens with two attached hydrogens (primary N) is 1. The number of methoxy groups -OCH3 is 1. The van der Waals surface area contributed by atoms with Crippen molar-refractivity contribution in [3.63, 3.8) is 0 Å². The van der Waals surface area contributed by atoms with Crippen LogP contribution in [0.3, 0.4) is 0 Å². The summed E-state index contributed by atoms with van der Waals surface area (Å²) in [5.41, 5.74) is 9.71. The second-order valence-electron chi connectivity index (χ2n) is 5.86. The molecule has 0 saturated heterocycles. The highest BCUT2D eigenvalue weighted by Gasteiger charge is 2.19. The van der Waals surface area contributed by atoms with E-state index in [0.717, 1.165) is 31.0 Å². The molecule has 0 spiro atoms. The Hall–Kier alpha value is -1.94. The van der Waals surface area contributed by atoms with Gasteiger partial charge in [0.05, 0.1) is 22.7 Å². The number of aryl methyl sites for hydroxylation is 2. The summed E-state index contributed by atoms with van der Waals surface area (Å²) in [6, 6.07) is 12.6. The number of aliphatic imine (C=N–C) groups is 1. The van der Waals surface area contributed by atoms with Crippen LogP contribution in [0.1, 0.15) is 30.0 Å². The molecule has 4 rings (SSSR count). The number of nitrogens with zero attached hydrogens (tertiary/aromatic N) is 1. The van der Waals surface area contributed by atoms with Crippen molar-refractivity contribution in [2.24, 2.45) is 10.7 Å². The van der Waals surface area contributed by atoms with Crippen molar-refractivity contribution in [3.8, 4) is 5.75 Å². The second kappa shape index (κ2) is 8.78. The molecule has 2 aromatic rings. The van der Waals surface area contributed by atoms with Crippen LogP contribution in [0.15, 0.2) is 51.2 Å². The number of para-hydroxylation sites is 1. The molecular formula is C20H26N2OS. The molecule has 24 heavy (non-hydrogen) atoms. The van der Waals surface area contributed by atoms with Crippen molar-refractivity contribution in [1.29, 1.82) is 0 Å². The molecule has 0 radical (unpaired) electrons. The molecule has 4 heteroatoms. The van der Waals surface area contributed by atoms with Crippen molar-refractivity contribution in [2.45, 2.75) is 43.4 Å². The van der Waals surface area contributed by atoms with Crippen LogP contribution in [-0.2, 0) is 6.42 Å². The molecule has 2 aliphatic heterocycles. The molecule has 2 N–H and O–H groups in total. The second-order valence-corrected chi connectivity index (χ2v) is 6.94. The van der Waals surface area contributed by atoms with Crippen molar-refractivity contribution < 1.29 is 4.74 Å². The van der Waals surface area contributed by atoms with E-state index in [9.17, 15) is 0 Å². The van der Waals surface area contributed by atoms with Gasteiger partial charge in [0.1, 0.15) is 5.75 Å². The number of benzene rings is 2. The maximum absolute atomic E-state index is 5.83. The van der Waals surface area contributed by atoms with Crippen LogP contribution in [0, 0.1) is 13.8 Å². The van der Waals surface area contributed by atoms with E-state index in [4.69, 9.17) is 10.5 Å². The summed E-state index contributed by atoms with van der Waals surface area (Å²) in [7, 11) is 1.71. The third-order valence-electron chi connectivity index (χ3n) is 3.86. The molecule has 128 valence electrons. The fourth-order valence-corrected chi connectivity index (χ4v) is 3.31. The van der Waals surface area contributed by atoms with E-state index in [1.165, 1.54) is 26.5 Å². The molecule has 0 amide bonds. The Kier molecular flexibility index (Phi) is 6.73. The van der Waals surface area contributed by atoms with E-state index < -0.39 is 0 Å². The van der Waals surface area contributed by atoms with E-state index >= 15 is 0 Å². The van der Waals surface area contributed by atoms with Crippen LogP contribution in [-0.4, -0.2) is 19.5 Å². The first-order valence-electron chi connectivity index (χ1n) is 8.25. The van der Waals surface area contributed by atoms with Gasteiger partial charge >= 0.3 is 0 Å². The molecule has 2 heterocycles. The average molecular weight is 343 g/mol. The standard InChI is InChI=1S/C13H20N2.C7H6OS/c1-4-7-15-13(14)9-12-6-5-10(2)11(3)8-12;1-8-7-5-3-2-4-6(7)9-5/h5-6,8H,4,7,9H2,1-3H3,(H2,14,15);2-4H,1H3. The van der Waals surface area contributed by atoms with Gasteiger partial charge in [0.25, 0.3) is 0 Å². The van der Waals surface area contributed by atoms with Gasteiger partial charge in [-0.3, -0.25) is 4.99 Å². The SMILES string of the molecule is CCCN=C(N)Cc1ccc(C)c(C)c1.COc1c2cccc1S2. The highest BCUT2D eigenvalue weighted by Crippen LogP contribution is 2.50. The van der Waals surface area contributed by atoms with Crippen molar-refractivity contribution >= 4 is 17.6 Å². The zero-order chi connectivity index (χ0) is 17.5. The minimum absolute atomic E-state index is 0.736. The molecule has 3 nitrogen and oxygen atoms in total. The van der Waals surface area contributed by atoms with Crippen LogP contribution in [0.4, 0.5) is 0 Å². The van der Waals surface area contributed by atoms with Crippen LogP contribution in [0.2, 0.25) is 0 Å². The fraction of sp³-hybridized carbons (Fsp3) is 0.350. The predicted octanol–water partition coefficient (Wildman–Crippen LogP) is 4.77. The van der Waals surface area contributed by atoms with E-state index in [2.05, 4.69) is 56.1 Å². The fourth-order valence-electron chi connectivity index (χ4n) is 2.36. The molecule has 0 atom stereocenters. The van der Waals surface area contributed by atoms with E-state index in [1.54, 1.807) is 18.9 Å². The summed E-state index contributed by atoms with van der Waals surface area (Å²) < 4.78 is 5.09. The van der Waals surface area contributed by atoms with E-state index in [0.29, 0.717) is 0 Å². The molecule has 0 fully saturated rings. The first-order valence-corrected chi connectivity index (χ1v) is 9.06. The third kappa shape index (κ3) is 4.78. The van der Waals surface area contributed by atoms with Gasteiger partial charge in [-0.1, -0.05) is 43.0 Å². The molecule has 2 aliphatic rings. The van der Waals surface area contributed by atoms with Crippen LogP contribution >= 0.6 is 11.8 Å². The van der Waals surface area contributed by atoms with E-state index in [1.807, 2.05) is 6.07 Å². The van der Waals surface area contributed by atoms with Gasteiger partial charge in [0.15, 0.2) is 0 Å². The Bertz CT molecular complexity index is 705. The van der Waals surface area contributed by atoms with Gasteiger partial charge in [-0.05, 0) is 49.1 Å². The van der Waals surface area contributed by atoms with Crippen molar-refractivity contribution in [3.05, 3.63) is 53.1 Å². The van der Waals surface area contributed by atoms with E-state index in [-0.39, 0.29) is 0 Å². The highest BCUT2D eigenvalue weighted by atomic mass is 32.2. The lowest BCUT2D eigenvalue weighted by atomic mass is 10.0. The van der Waals surface area contributed by atoms with Gasteiger partial charge < -0.3 is 10.5 Å². The Morgan fingerprint density at radius 3 is 2.33 bits per heavy atom. The van der Waals surface area contributed by atoms with Gasteiger partial charge in [0, 0.05) is 13.0 Å². The van der Waals surface area contributed by atoms with Gasteiger partial charge in [-0.15, -0.1) is 0 Å². The third-order valence-corrected chi connectivity index (χ3v) is 4.94. The average Bonchev–Trinajstić information content (AvgIpc) is 2.58. The smallest absolute Gasteiger partial charge is 0.146 e. The lowest BCUT2D eigenvalue weighted by Crippen LogP contribution is -2.15. The zero-order valence-electron chi connectivity index (χ0n) is 14.9. The number of hydrogen-bond acceptors (Lipinski definition) is 3. The maximum Gasteiger partial charge on any atom is 0.146 e. The lowest BCUT2D eigenvalue weighted by Gasteiger charge is -2.19. The normalized spacial score (nSPS) is 12.1. The first kappa shape index (κ1) is 18.4. The number of fused-ring (bicyclic) bond motifs is 2. The number of ether oxygens (including phenoxy) is 1. The van der Waals surface area contributed by atoms with Crippen LogP contribution in [0.5, 0.6) is 5.75 Å². The summed E-state index contributed by atoms with van der Waals surface area (Å²) in [4.78, 5) is 6.80. The number of amidine groups is 1. The predicted molar refractivity (Wildman–Crippen MR) is 104 cm³/mol. The van der Waals surface area contributed by atoms with Crippen LogP contribution < -0.4 is 10.5 Å². The minimum Gasteiger partial charge on any atom is -0.494 e. The van der Waals surface area contributed by atoms with Gasteiger partial charge in [0.2, 0.25) is 0 Å². The zero-order valence-corrected chi connectivity index (χ0v) is 15.7. The summed E-state index contributed by atoms with van der Waals surface area (Å²) in [6.45, 7) is 7.18. The maximum atomic E-state index is 5.83. The Balaban J connectivity index is 0.000000194. The topological polar surface area (TPSA) is 47.6 Å². The van der Waals surface area contributed by atoms with Crippen LogP contribution in [0.25, 0.3) is 0 Å². The summed E-state index contributed by atoms with van der Waals surface area (Å²) in [5, 5.41) is 0. The highest BCUT2D eigenvalue weighted by molar-refractivity contribution is 8.00. The minimum atomic E-state index is 0.736. The summed E-state index contributed by atoms with van der Waals surface area (Å²) in [5.74, 6) is 1.79. The molecule has 0 aliphatic carbocycles. The Morgan fingerprint density at radius 1 is 1.12 bits per heavy atom. The first-order chi connectivity index (χ1) is 11.5. The largest absolute Gasteiger partial charge is 0.494 e. The molecular weight excluding hydrogens is 316 g/mol. The quantitative estimate of drug-likeness (QED) is 0.536.